The zero-order valence-corrected chi connectivity index (χ0v) is 36.8. The van der Waals surface area contributed by atoms with Crippen molar-refractivity contribution in [1.82, 2.24) is 0 Å². The number of nitrogens with zero attached hydrogens (tertiary/aromatic N) is 8. The first kappa shape index (κ1) is 49.7. The van der Waals surface area contributed by atoms with Gasteiger partial charge >= 0.3 is 5.97 Å². The van der Waals surface area contributed by atoms with Crippen molar-refractivity contribution in [2.45, 2.75) is 27.7 Å². The van der Waals surface area contributed by atoms with Crippen molar-refractivity contribution in [2.24, 2.45) is 35.8 Å². The number of aliphatic hydroxyl groups excluding tert-OH is 2. The number of anilines is 2. The highest BCUT2D eigenvalue weighted by Gasteiger charge is 2.41. The molecule has 0 aromatic heterocycles. The van der Waals surface area contributed by atoms with Crippen LogP contribution in [0.5, 0.6) is 17.2 Å². The average Bonchev–Trinajstić information content (AvgIpc) is 3.60. The van der Waals surface area contributed by atoms with E-state index in [2.05, 4.69) is 41.1 Å². The largest absolute Gasteiger partial charge is 0.505 e. The Morgan fingerprint density at radius 3 is 1.85 bits per heavy atom. The fraction of sp³-hybridized carbons (Fsp3) is 0.158. The monoisotopic (exact) mass is 999 g/mol. The first-order chi connectivity index (χ1) is 32.0. The maximum atomic E-state index is 13.2. The molecule has 2 amide bonds. The molecule has 0 saturated heterocycles. The highest BCUT2D eigenvalue weighted by Crippen LogP contribution is 2.45. The van der Waals surface area contributed by atoms with E-state index >= 15 is 0 Å². The van der Waals surface area contributed by atoms with Gasteiger partial charge in [-0.1, -0.05) is 0 Å². The quantitative estimate of drug-likeness (QED) is 0.0433. The zero-order valence-electron chi connectivity index (χ0n) is 34.3. The maximum absolute atomic E-state index is 13.2. The lowest BCUT2D eigenvalue weighted by atomic mass is 10.1. The van der Waals surface area contributed by atoms with Crippen molar-refractivity contribution in [3.05, 3.63) is 78.9 Å². The van der Waals surface area contributed by atoms with E-state index in [9.17, 15) is 73.7 Å². The van der Waals surface area contributed by atoms with Gasteiger partial charge in [0.1, 0.15) is 57.3 Å². The molecule has 6 rings (SSSR count). The molecule has 356 valence electrons. The number of hydrogen-bond acceptors (Lipinski definition) is 21. The number of hydrazone groups is 1. The van der Waals surface area contributed by atoms with Crippen LogP contribution < -0.4 is 19.8 Å². The van der Waals surface area contributed by atoms with Crippen LogP contribution in [-0.2, 0) is 44.7 Å². The number of carbonyl (C=O) groups is 3. The number of ether oxygens (including phenoxy) is 2. The van der Waals surface area contributed by atoms with Gasteiger partial charge in [-0.05, 0) is 72.1 Å². The van der Waals surface area contributed by atoms with E-state index < -0.39 is 105 Å². The van der Waals surface area contributed by atoms with Crippen molar-refractivity contribution in [2.75, 3.05) is 36.8 Å². The van der Waals surface area contributed by atoms with Crippen LogP contribution in [0.2, 0.25) is 0 Å². The van der Waals surface area contributed by atoms with Gasteiger partial charge in [-0.2, -0.15) is 45.6 Å². The lowest BCUT2D eigenvalue weighted by Gasteiger charge is -2.13. The lowest BCUT2D eigenvalue weighted by molar-refractivity contribution is -0.130. The Morgan fingerprint density at radius 1 is 0.721 bits per heavy atom. The normalized spacial score (nSPS) is 14.6. The summed E-state index contributed by atoms with van der Waals surface area (Å²) in [5, 5.41) is 70.1. The Labute approximate surface area is 382 Å². The van der Waals surface area contributed by atoms with Crippen molar-refractivity contribution in [3.63, 3.8) is 0 Å². The first-order valence-corrected chi connectivity index (χ1v) is 23.1. The molecule has 68 heavy (non-hydrogen) atoms. The molecule has 0 aliphatic carbocycles. The summed E-state index contributed by atoms with van der Waals surface area (Å²) in [5.41, 5.74) is -2.72. The molecule has 5 aromatic carbocycles. The van der Waals surface area contributed by atoms with Crippen LogP contribution >= 0.6 is 0 Å². The minimum absolute atomic E-state index is 0.00142. The SMILES string of the molecule is CC(=O)Nc1ccc(/N=N/c2cc(OCCO)c(/N=N/c3c(S(=O)(=O)O)cc4cc(/N=N/C5C(=O)N(c6ccc(S(=O)(=O)O)cc6)N=C5C(=O)O)ccc4c3O)cc2OCCO)c(S(=O)(=O)O)c1. The van der Waals surface area contributed by atoms with E-state index in [0.29, 0.717) is 5.01 Å². The smallest absolute Gasteiger partial charge is 0.355 e. The highest BCUT2D eigenvalue weighted by molar-refractivity contribution is 7.86. The summed E-state index contributed by atoms with van der Waals surface area (Å²) >= 11 is 0. The van der Waals surface area contributed by atoms with Gasteiger partial charge in [0.25, 0.3) is 36.3 Å². The predicted molar refractivity (Wildman–Crippen MR) is 233 cm³/mol. The number of aliphatic carboxylic acids is 1. The summed E-state index contributed by atoms with van der Waals surface area (Å²) in [4.78, 5) is 34.5. The number of fused-ring (bicyclic) bond motifs is 1. The Bertz CT molecular complexity index is 3330. The summed E-state index contributed by atoms with van der Waals surface area (Å²) < 4.78 is 113. The van der Waals surface area contributed by atoms with Crippen LogP contribution in [0, 0.1) is 0 Å². The fourth-order valence-electron chi connectivity index (χ4n) is 6.00. The van der Waals surface area contributed by atoms with Gasteiger partial charge in [-0.25, -0.2) is 4.79 Å². The molecule has 27 nitrogen and oxygen atoms in total. The second-order valence-electron chi connectivity index (χ2n) is 13.7. The van der Waals surface area contributed by atoms with Gasteiger partial charge in [0.2, 0.25) is 11.9 Å². The number of carbonyl (C=O) groups excluding carboxylic acids is 2. The molecule has 1 unspecified atom stereocenters. The number of amides is 2. The second-order valence-corrected chi connectivity index (χ2v) is 17.9. The van der Waals surface area contributed by atoms with Crippen molar-refractivity contribution < 1.29 is 83.2 Å². The van der Waals surface area contributed by atoms with Crippen LogP contribution in [0.3, 0.4) is 0 Å². The maximum Gasteiger partial charge on any atom is 0.355 e. The van der Waals surface area contributed by atoms with Crippen LogP contribution in [0.15, 0.2) is 129 Å². The molecule has 0 spiro atoms. The third-order valence-electron chi connectivity index (χ3n) is 8.93. The molecule has 5 aromatic rings. The molecule has 30 heteroatoms. The number of aliphatic hydroxyl groups is 2. The fourth-order valence-corrected chi connectivity index (χ4v) is 7.79. The molecular weight excluding hydrogens is 967 g/mol. The van der Waals surface area contributed by atoms with E-state index in [1.54, 1.807) is 0 Å². The molecule has 0 fully saturated rings. The topological polar surface area (TPSA) is 415 Å². The third-order valence-corrected chi connectivity index (χ3v) is 11.5. The zero-order chi connectivity index (χ0) is 49.7. The van der Waals surface area contributed by atoms with Gasteiger partial charge in [0.05, 0.1) is 29.5 Å². The Morgan fingerprint density at radius 2 is 1.31 bits per heavy atom. The first-order valence-electron chi connectivity index (χ1n) is 18.8. The Hall–Kier alpha value is -7.71. The minimum atomic E-state index is -5.24. The molecule has 1 aliphatic rings. The molecule has 8 N–H and O–H groups in total. The number of carboxylic acid groups (broad SMARTS) is 1. The summed E-state index contributed by atoms with van der Waals surface area (Å²) in [6, 6.07) is 12.2. The number of phenolic OH excluding ortho intramolecular Hbond substituents is 1. The van der Waals surface area contributed by atoms with Gasteiger partial charge < -0.3 is 35.2 Å². The van der Waals surface area contributed by atoms with E-state index in [-0.39, 0.29) is 63.9 Å². The Balaban J connectivity index is 1.36. The number of phenols is 1. The van der Waals surface area contributed by atoms with Crippen LogP contribution in [0.1, 0.15) is 6.92 Å². The molecular formula is C38H33N9O18S3. The van der Waals surface area contributed by atoms with E-state index in [1.165, 1.54) is 25.1 Å². The van der Waals surface area contributed by atoms with Crippen molar-refractivity contribution in [3.8, 4) is 17.2 Å². The summed E-state index contributed by atoms with van der Waals surface area (Å²) in [6.07, 6.45) is 0. The number of benzene rings is 5. The average molecular weight is 1000 g/mol. The minimum Gasteiger partial charge on any atom is -0.505 e. The van der Waals surface area contributed by atoms with Gasteiger partial charge in [-0.15, -0.1) is 20.5 Å². The lowest BCUT2D eigenvalue weighted by Crippen LogP contribution is -2.33. The second kappa shape index (κ2) is 20.0. The molecule has 0 radical (unpaired) electrons. The summed E-state index contributed by atoms with van der Waals surface area (Å²) in [7, 11) is -14.8. The summed E-state index contributed by atoms with van der Waals surface area (Å²) in [5.74, 6) is -4.56. The van der Waals surface area contributed by atoms with E-state index in [0.717, 1.165) is 60.7 Å². The number of carboxylic acids is 1. The van der Waals surface area contributed by atoms with Gasteiger partial charge in [0.15, 0.2) is 11.5 Å². The van der Waals surface area contributed by atoms with Gasteiger partial charge in [-0.3, -0.25) is 23.2 Å². The molecule has 0 saturated carbocycles. The highest BCUT2D eigenvalue weighted by atomic mass is 32.2. The Kier molecular flexibility index (Phi) is 14.6. The molecule has 1 atom stereocenters. The number of nitrogens with one attached hydrogen (secondary N) is 1. The molecule has 1 aliphatic heterocycles. The van der Waals surface area contributed by atoms with Crippen LogP contribution in [0.25, 0.3) is 10.8 Å². The van der Waals surface area contributed by atoms with Gasteiger partial charge in [0, 0.05) is 30.1 Å². The van der Waals surface area contributed by atoms with Crippen molar-refractivity contribution >= 4 is 104 Å². The number of aromatic hydroxyl groups is 1. The van der Waals surface area contributed by atoms with Crippen molar-refractivity contribution in [1.29, 1.82) is 0 Å². The predicted octanol–water partition coefficient (Wildman–Crippen LogP) is 4.76. The molecule has 1 heterocycles. The number of hydrogen-bond donors (Lipinski definition) is 8. The third kappa shape index (κ3) is 11.4. The number of azo groups is 3. The molecule has 0 bridgehead atoms. The number of rotatable bonds is 18. The van der Waals surface area contributed by atoms with Crippen LogP contribution in [-0.4, -0.2) is 115 Å². The van der Waals surface area contributed by atoms with E-state index in [4.69, 9.17) is 9.47 Å². The van der Waals surface area contributed by atoms with Crippen LogP contribution in [0.4, 0.5) is 39.8 Å². The van der Waals surface area contributed by atoms with E-state index in [1.807, 2.05) is 0 Å². The summed E-state index contributed by atoms with van der Waals surface area (Å²) in [6.45, 7) is -0.657. The standard InChI is InChI=1S/C38H33N9O18S3/c1-19(50)39-21-3-9-26(31(16-21)67(58,59)60)41-42-27-17-30(65-13-11-49)28(18-29(27)64-12-10-48)43-44-33-32(68(61,62)63)15-20-14-22(2-8-25(20)36(33)51)40-45-34-35(38(53)54)46-47(37(34)52)23-4-6-24(7-5-23)66(55,56)57/h2-9,14-18,34,48-49,51H,10-13H2,1H3,(H,39,50)(H,53,54)(H,55,56,57)(H,58,59,60)(H,61,62,63)/b42-41+,44-43+,45-40+.